The molecular formula is C17H20O3S. The van der Waals surface area contributed by atoms with Gasteiger partial charge in [-0.25, -0.2) is 4.79 Å². The van der Waals surface area contributed by atoms with Gasteiger partial charge in [0.25, 0.3) is 0 Å². The second-order valence-electron chi connectivity index (χ2n) is 5.48. The molecule has 0 saturated carbocycles. The van der Waals surface area contributed by atoms with E-state index in [9.17, 15) is 9.59 Å². The second kappa shape index (κ2) is 6.39. The Bertz CT molecular complexity index is 683. The lowest BCUT2D eigenvalue weighted by Crippen LogP contribution is -2.03. The molecule has 0 bridgehead atoms. The van der Waals surface area contributed by atoms with Gasteiger partial charge < -0.3 is 4.74 Å². The number of fused-ring (bicyclic) bond motifs is 1. The Hall–Kier alpha value is -1.68. The van der Waals surface area contributed by atoms with Gasteiger partial charge in [0.1, 0.15) is 4.88 Å². The van der Waals surface area contributed by atoms with Crippen LogP contribution in [0.15, 0.2) is 18.2 Å². The zero-order chi connectivity index (χ0) is 15.6. The van der Waals surface area contributed by atoms with E-state index in [0.717, 1.165) is 15.6 Å². The average Bonchev–Trinajstić information content (AvgIpc) is 2.76. The van der Waals surface area contributed by atoms with Crippen molar-refractivity contribution in [2.24, 2.45) is 5.92 Å². The number of hydrogen-bond donors (Lipinski definition) is 0. The molecule has 4 heteroatoms. The molecule has 2 rings (SSSR count). The number of carbonyl (C=O) groups excluding carboxylic acids is 2. The van der Waals surface area contributed by atoms with Crippen LogP contribution in [-0.2, 0) is 4.74 Å². The Labute approximate surface area is 128 Å². The topological polar surface area (TPSA) is 43.4 Å². The van der Waals surface area contributed by atoms with Gasteiger partial charge in [0, 0.05) is 16.7 Å². The Morgan fingerprint density at radius 1 is 1.29 bits per heavy atom. The number of thiophene rings is 1. The molecule has 0 unspecified atom stereocenters. The summed E-state index contributed by atoms with van der Waals surface area (Å²) in [6.45, 7) is 8.11. The molecular weight excluding hydrogens is 284 g/mol. The normalized spacial score (nSPS) is 11.1. The molecule has 0 amide bonds. The third-order valence-electron chi connectivity index (χ3n) is 3.32. The summed E-state index contributed by atoms with van der Waals surface area (Å²) in [4.78, 5) is 25.0. The molecule has 1 aromatic carbocycles. The molecule has 0 saturated heterocycles. The van der Waals surface area contributed by atoms with Crippen LogP contribution in [0.5, 0.6) is 0 Å². The summed E-state index contributed by atoms with van der Waals surface area (Å²) in [6.07, 6.45) is 0.519. The van der Waals surface area contributed by atoms with E-state index in [0.29, 0.717) is 29.4 Å². The first-order valence-corrected chi connectivity index (χ1v) is 7.99. The summed E-state index contributed by atoms with van der Waals surface area (Å²) >= 11 is 1.36. The number of rotatable bonds is 5. The third kappa shape index (κ3) is 3.16. The fourth-order valence-corrected chi connectivity index (χ4v) is 3.57. The number of ether oxygens (including phenoxy) is 1. The molecule has 0 fully saturated rings. The molecule has 2 aromatic rings. The zero-order valence-electron chi connectivity index (χ0n) is 12.9. The number of hydrogen-bond acceptors (Lipinski definition) is 4. The summed E-state index contributed by atoms with van der Waals surface area (Å²) in [6, 6.07) is 5.68. The van der Waals surface area contributed by atoms with Crippen molar-refractivity contribution in [3.63, 3.8) is 0 Å². The third-order valence-corrected chi connectivity index (χ3v) is 4.64. The molecule has 0 aliphatic rings. The van der Waals surface area contributed by atoms with Gasteiger partial charge in [-0.05, 0) is 36.8 Å². The highest BCUT2D eigenvalue weighted by molar-refractivity contribution is 7.21. The van der Waals surface area contributed by atoms with Gasteiger partial charge in [-0.15, -0.1) is 11.3 Å². The largest absolute Gasteiger partial charge is 0.462 e. The van der Waals surface area contributed by atoms with Crippen LogP contribution in [0, 0.1) is 12.8 Å². The quantitative estimate of drug-likeness (QED) is 0.598. The van der Waals surface area contributed by atoms with E-state index in [1.165, 1.54) is 11.3 Å². The average molecular weight is 304 g/mol. The van der Waals surface area contributed by atoms with Gasteiger partial charge in [-0.2, -0.15) is 0 Å². The van der Waals surface area contributed by atoms with Crippen molar-refractivity contribution in [3.8, 4) is 0 Å². The molecule has 0 aliphatic heterocycles. The van der Waals surface area contributed by atoms with Crippen molar-refractivity contribution in [2.75, 3.05) is 6.61 Å². The number of benzene rings is 1. The smallest absolute Gasteiger partial charge is 0.348 e. The lowest BCUT2D eigenvalue weighted by molar-refractivity contribution is 0.0531. The maximum Gasteiger partial charge on any atom is 0.348 e. The molecule has 112 valence electrons. The van der Waals surface area contributed by atoms with Crippen LogP contribution < -0.4 is 0 Å². The highest BCUT2D eigenvalue weighted by Gasteiger charge is 2.20. The fourth-order valence-electron chi connectivity index (χ4n) is 2.33. The van der Waals surface area contributed by atoms with Crippen molar-refractivity contribution in [2.45, 2.75) is 34.1 Å². The Balaban J connectivity index is 2.53. The summed E-state index contributed by atoms with van der Waals surface area (Å²) < 4.78 is 5.98. The van der Waals surface area contributed by atoms with E-state index in [-0.39, 0.29) is 11.8 Å². The second-order valence-corrected chi connectivity index (χ2v) is 6.50. The van der Waals surface area contributed by atoms with Gasteiger partial charge in [-0.3, -0.25) is 4.79 Å². The molecule has 0 aliphatic carbocycles. The highest BCUT2D eigenvalue weighted by Crippen LogP contribution is 2.34. The van der Waals surface area contributed by atoms with Crippen LogP contribution in [-0.4, -0.2) is 18.4 Å². The lowest BCUT2D eigenvalue weighted by atomic mass is 9.99. The lowest BCUT2D eigenvalue weighted by Gasteiger charge is -2.05. The van der Waals surface area contributed by atoms with E-state index >= 15 is 0 Å². The van der Waals surface area contributed by atoms with Gasteiger partial charge in [-0.1, -0.05) is 26.0 Å². The minimum atomic E-state index is -0.307. The predicted octanol–water partition coefficient (Wildman–Crippen LogP) is 4.62. The van der Waals surface area contributed by atoms with Gasteiger partial charge >= 0.3 is 5.97 Å². The van der Waals surface area contributed by atoms with Crippen molar-refractivity contribution in [1.82, 2.24) is 0 Å². The minimum Gasteiger partial charge on any atom is -0.462 e. The van der Waals surface area contributed by atoms with Gasteiger partial charge in [0.05, 0.1) is 6.61 Å². The maximum absolute atomic E-state index is 12.4. The van der Waals surface area contributed by atoms with Gasteiger partial charge in [0.15, 0.2) is 5.78 Å². The number of ketones is 1. The van der Waals surface area contributed by atoms with Crippen LogP contribution in [0.1, 0.15) is 52.8 Å². The van der Waals surface area contributed by atoms with E-state index in [4.69, 9.17) is 4.74 Å². The summed E-state index contributed by atoms with van der Waals surface area (Å²) in [5.41, 5.74) is 1.61. The number of aryl methyl sites for hydroxylation is 1. The SMILES string of the molecule is CCOC(=O)c1sc2c(C(=O)CC(C)C)cccc2c1C. The Morgan fingerprint density at radius 3 is 2.62 bits per heavy atom. The molecule has 1 heterocycles. The standard InChI is InChI=1S/C17H20O3S/c1-5-20-17(19)15-11(4)12-7-6-8-13(16(12)21-15)14(18)9-10(2)3/h6-8,10H,5,9H2,1-4H3. The first kappa shape index (κ1) is 15.7. The maximum atomic E-state index is 12.4. The Kier molecular flexibility index (Phi) is 4.78. The number of Topliss-reactive ketones (excluding diaryl/α,β-unsaturated/α-hetero) is 1. The van der Waals surface area contributed by atoms with Crippen LogP contribution in [0.4, 0.5) is 0 Å². The fraction of sp³-hybridized carbons (Fsp3) is 0.412. The van der Waals surface area contributed by atoms with E-state index in [1.54, 1.807) is 6.92 Å². The van der Waals surface area contributed by atoms with E-state index in [2.05, 4.69) is 0 Å². The highest BCUT2D eigenvalue weighted by atomic mass is 32.1. The number of esters is 1. The Morgan fingerprint density at radius 2 is 2.00 bits per heavy atom. The van der Waals surface area contributed by atoms with Crippen molar-refractivity contribution < 1.29 is 14.3 Å². The zero-order valence-corrected chi connectivity index (χ0v) is 13.7. The molecule has 0 spiro atoms. The monoisotopic (exact) mass is 304 g/mol. The van der Waals surface area contributed by atoms with E-state index < -0.39 is 0 Å². The van der Waals surface area contributed by atoms with Crippen molar-refractivity contribution in [3.05, 3.63) is 34.2 Å². The van der Waals surface area contributed by atoms with Crippen molar-refractivity contribution >= 4 is 33.2 Å². The molecule has 1 aromatic heterocycles. The molecule has 21 heavy (non-hydrogen) atoms. The van der Waals surface area contributed by atoms with Crippen LogP contribution >= 0.6 is 11.3 Å². The van der Waals surface area contributed by atoms with Crippen LogP contribution in [0.25, 0.3) is 10.1 Å². The predicted molar refractivity (Wildman–Crippen MR) is 86.3 cm³/mol. The van der Waals surface area contributed by atoms with Gasteiger partial charge in [0.2, 0.25) is 0 Å². The van der Waals surface area contributed by atoms with E-state index in [1.807, 2.05) is 39.0 Å². The van der Waals surface area contributed by atoms with Crippen molar-refractivity contribution in [1.29, 1.82) is 0 Å². The molecule has 0 radical (unpaired) electrons. The van der Waals surface area contributed by atoms with Crippen LogP contribution in [0.2, 0.25) is 0 Å². The molecule has 3 nitrogen and oxygen atoms in total. The summed E-state index contributed by atoms with van der Waals surface area (Å²) in [5.74, 6) is 0.143. The van der Waals surface area contributed by atoms with Crippen LogP contribution in [0.3, 0.4) is 0 Å². The first-order chi connectivity index (χ1) is 9.95. The molecule has 0 atom stereocenters. The molecule has 0 N–H and O–H groups in total. The first-order valence-electron chi connectivity index (χ1n) is 7.18. The summed E-state index contributed by atoms with van der Waals surface area (Å²) in [7, 11) is 0. The minimum absolute atomic E-state index is 0.132. The number of carbonyl (C=O) groups is 2. The summed E-state index contributed by atoms with van der Waals surface area (Å²) in [5, 5.41) is 0.970.